The molecule has 1 aliphatic heterocycles. The van der Waals surface area contributed by atoms with Gasteiger partial charge in [0.2, 0.25) is 11.0 Å². The molecule has 0 atom stereocenters. The minimum absolute atomic E-state index is 0.00576. The second kappa shape index (κ2) is 8.12. The maximum atomic E-state index is 12.2. The van der Waals surface area contributed by atoms with E-state index in [1.54, 1.807) is 24.3 Å². The number of hydrogen-bond donors (Lipinski definition) is 1. The molecule has 6 nitrogen and oxygen atoms in total. The average Bonchev–Trinajstić information content (AvgIpc) is 3.08. The van der Waals surface area contributed by atoms with Gasteiger partial charge in [0.25, 0.3) is 0 Å². The summed E-state index contributed by atoms with van der Waals surface area (Å²) in [6.07, 6.45) is 0. The Labute approximate surface area is 157 Å². The van der Waals surface area contributed by atoms with Crippen molar-refractivity contribution in [3.63, 3.8) is 0 Å². The van der Waals surface area contributed by atoms with Gasteiger partial charge in [0.15, 0.2) is 0 Å². The number of hydrogen-bond acceptors (Lipinski definition) is 6. The Bertz CT molecular complexity index is 710. The number of benzene rings is 1. The lowest BCUT2D eigenvalue weighted by Crippen LogP contribution is -2.48. The van der Waals surface area contributed by atoms with Gasteiger partial charge in [-0.25, -0.2) is 4.98 Å². The molecule has 2 aromatic rings. The van der Waals surface area contributed by atoms with Crippen molar-refractivity contribution in [2.45, 2.75) is 19.8 Å². The third-order valence-corrected chi connectivity index (χ3v) is 5.13. The van der Waals surface area contributed by atoms with Gasteiger partial charge in [0.1, 0.15) is 5.82 Å². The molecule has 1 aromatic carbocycles. The lowest BCUT2D eigenvalue weighted by atomic mass is 10.2. The standard InChI is InChI=1S/C17H22ClN5OS/c1-12(2)16-20-17(25-21-16)23-9-7-22(8-10-23)11-15(24)19-14-5-3-13(18)4-6-14/h3-6,12H,7-11H2,1-2H3,(H,19,24). The molecule has 25 heavy (non-hydrogen) atoms. The number of rotatable bonds is 5. The van der Waals surface area contributed by atoms with Crippen LogP contribution in [0.15, 0.2) is 24.3 Å². The van der Waals surface area contributed by atoms with E-state index >= 15 is 0 Å². The zero-order chi connectivity index (χ0) is 17.8. The van der Waals surface area contributed by atoms with E-state index in [9.17, 15) is 4.79 Å². The van der Waals surface area contributed by atoms with E-state index in [0.29, 0.717) is 17.5 Å². The highest BCUT2D eigenvalue weighted by Crippen LogP contribution is 2.22. The Morgan fingerprint density at radius 1 is 1.24 bits per heavy atom. The maximum absolute atomic E-state index is 12.2. The predicted molar refractivity (Wildman–Crippen MR) is 103 cm³/mol. The number of halogens is 1. The summed E-state index contributed by atoms with van der Waals surface area (Å²) in [7, 11) is 0. The second-order valence-corrected chi connectivity index (χ2v) is 7.57. The molecule has 0 unspecified atom stereocenters. The topological polar surface area (TPSA) is 61.4 Å². The van der Waals surface area contributed by atoms with Crippen LogP contribution in [0.2, 0.25) is 5.02 Å². The van der Waals surface area contributed by atoms with Gasteiger partial charge in [-0.1, -0.05) is 25.4 Å². The summed E-state index contributed by atoms with van der Waals surface area (Å²) in [6.45, 7) is 7.99. The third kappa shape index (κ3) is 4.90. The summed E-state index contributed by atoms with van der Waals surface area (Å²) in [5.74, 6) is 1.25. The van der Waals surface area contributed by atoms with Crippen molar-refractivity contribution in [1.82, 2.24) is 14.3 Å². The van der Waals surface area contributed by atoms with E-state index in [1.165, 1.54) is 11.5 Å². The van der Waals surface area contributed by atoms with E-state index in [0.717, 1.165) is 42.8 Å². The first kappa shape index (κ1) is 18.1. The molecular formula is C17H22ClN5OS. The molecule has 1 aliphatic rings. The molecule has 134 valence electrons. The number of nitrogens with one attached hydrogen (secondary N) is 1. The smallest absolute Gasteiger partial charge is 0.238 e. The van der Waals surface area contributed by atoms with Crippen LogP contribution in [0, 0.1) is 0 Å². The molecular weight excluding hydrogens is 358 g/mol. The fourth-order valence-corrected chi connectivity index (χ4v) is 3.61. The first-order chi connectivity index (χ1) is 12.0. The van der Waals surface area contributed by atoms with Crippen LogP contribution in [0.3, 0.4) is 0 Å². The largest absolute Gasteiger partial charge is 0.344 e. The Morgan fingerprint density at radius 3 is 2.52 bits per heavy atom. The van der Waals surface area contributed by atoms with E-state index in [-0.39, 0.29) is 5.91 Å². The van der Waals surface area contributed by atoms with E-state index in [1.807, 2.05) is 0 Å². The van der Waals surface area contributed by atoms with Crippen molar-refractivity contribution in [3.8, 4) is 0 Å². The van der Waals surface area contributed by atoms with Crippen LogP contribution in [0.5, 0.6) is 0 Å². The van der Waals surface area contributed by atoms with Crippen molar-refractivity contribution >= 4 is 39.9 Å². The molecule has 3 rings (SSSR count). The van der Waals surface area contributed by atoms with Crippen LogP contribution in [-0.2, 0) is 4.79 Å². The van der Waals surface area contributed by atoms with Gasteiger partial charge in [-0.3, -0.25) is 9.69 Å². The van der Waals surface area contributed by atoms with Crippen molar-refractivity contribution < 1.29 is 4.79 Å². The van der Waals surface area contributed by atoms with Crippen LogP contribution in [0.4, 0.5) is 10.8 Å². The highest BCUT2D eigenvalue weighted by atomic mass is 35.5. The molecule has 0 saturated carbocycles. The summed E-state index contributed by atoms with van der Waals surface area (Å²) in [5.41, 5.74) is 0.767. The fraction of sp³-hybridized carbons (Fsp3) is 0.471. The number of carbonyl (C=O) groups is 1. The zero-order valence-electron chi connectivity index (χ0n) is 14.4. The summed E-state index contributed by atoms with van der Waals surface area (Å²) in [4.78, 5) is 21.2. The van der Waals surface area contributed by atoms with Gasteiger partial charge in [0.05, 0.1) is 6.54 Å². The summed E-state index contributed by atoms with van der Waals surface area (Å²) in [6, 6.07) is 7.15. The molecule has 0 radical (unpaired) electrons. The van der Waals surface area contributed by atoms with Crippen molar-refractivity contribution in [1.29, 1.82) is 0 Å². The lowest BCUT2D eigenvalue weighted by molar-refractivity contribution is -0.117. The predicted octanol–water partition coefficient (Wildman–Crippen LogP) is 3.08. The van der Waals surface area contributed by atoms with Gasteiger partial charge in [-0.15, -0.1) is 0 Å². The molecule has 2 heterocycles. The molecule has 1 fully saturated rings. The van der Waals surface area contributed by atoms with Crippen LogP contribution < -0.4 is 10.2 Å². The highest BCUT2D eigenvalue weighted by molar-refractivity contribution is 7.09. The Kier molecular flexibility index (Phi) is 5.88. The molecule has 0 aliphatic carbocycles. The van der Waals surface area contributed by atoms with Crippen molar-refractivity contribution in [3.05, 3.63) is 35.1 Å². The minimum Gasteiger partial charge on any atom is -0.344 e. The number of carbonyl (C=O) groups excluding carboxylic acids is 1. The zero-order valence-corrected chi connectivity index (χ0v) is 16.0. The SMILES string of the molecule is CC(C)c1nsc(N2CCN(CC(=O)Nc3ccc(Cl)cc3)CC2)n1. The summed E-state index contributed by atoms with van der Waals surface area (Å²) >= 11 is 7.31. The number of anilines is 2. The van der Waals surface area contributed by atoms with Gasteiger partial charge < -0.3 is 10.2 Å². The van der Waals surface area contributed by atoms with Crippen LogP contribution >= 0.6 is 23.1 Å². The van der Waals surface area contributed by atoms with Crippen LogP contribution in [-0.4, -0.2) is 52.9 Å². The monoisotopic (exact) mass is 379 g/mol. The van der Waals surface area contributed by atoms with Crippen LogP contribution in [0.25, 0.3) is 0 Å². The highest BCUT2D eigenvalue weighted by Gasteiger charge is 2.22. The average molecular weight is 380 g/mol. The van der Waals surface area contributed by atoms with E-state index in [2.05, 4.69) is 38.3 Å². The van der Waals surface area contributed by atoms with Crippen molar-refractivity contribution in [2.24, 2.45) is 0 Å². The quantitative estimate of drug-likeness (QED) is 0.865. The van der Waals surface area contributed by atoms with Gasteiger partial charge >= 0.3 is 0 Å². The van der Waals surface area contributed by atoms with Gasteiger partial charge in [-0.2, -0.15) is 4.37 Å². The summed E-state index contributed by atoms with van der Waals surface area (Å²) < 4.78 is 4.41. The molecule has 8 heteroatoms. The first-order valence-electron chi connectivity index (χ1n) is 8.37. The van der Waals surface area contributed by atoms with Crippen LogP contribution in [0.1, 0.15) is 25.6 Å². The molecule has 1 amide bonds. The number of aromatic nitrogens is 2. The van der Waals surface area contributed by atoms with E-state index in [4.69, 9.17) is 11.6 Å². The molecule has 1 N–H and O–H groups in total. The summed E-state index contributed by atoms with van der Waals surface area (Å²) in [5, 5.41) is 4.54. The maximum Gasteiger partial charge on any atom is 0.238 e. The Balaban J connectivity index is 1.47. The molecule has 0 spiro atoms. The molecule has 1 aromatic heterocycles. The fourth-order valence-electron chi connectivity index (χ4n) is 2.62. The number of piperazine rings is 1. The third-order valence-electron chi connectivity index (χ3n) is 4.09. The lowest BCUT2D eigenvalue weighted by Gasteiger charge is -2.33. The van der Waals surface area contributed by atoms with E-state index < -0.39 is 0 Å². The molecule has 0 bridgehead atoms. The van der Waals surface area contributed by atoms with Gasteiger partial charge in [-0.05, 0) is 24.3 Å². The normalized spacial score (nSPS) is 15.6. The van der Waals surface area contributed by atoms with Gasteiger partial charge in [0, 0.05) is 54.3 Å². The Hall–Kier alpha value is -1.70. The Morgan fingerprint density at radius 2 is 1.92 bits per heavy atom. The molecule has 1 saturated heterocycles. The first-order valence-corrected chi connectivity index (χ1v) is 9.53. The van der Waals surface area contributed by atoms with Crippen molar-refractivity contribution in [2.75, 3.05) is 42.9 Å². The number of amides is 1. The minimum atomic E-state index is -0.00576. The number of nitrogens with zero attached hydrogens (tertiary/aromatic N) is 4. The second-order valence-electron chi connectivity index (χ2n) is 6.41.